The highest BCUT2D eigenvalue weighted by Crippen LogP contribution is 2.60. The highest BCUT2D eigenvalue weighted by molar-refractivity contribution is 5.19. The van der Waals surface area contributed by atoms with E-state index in [0.717, 1.165) is 38.5 Å². The van der Waals surface area contributed by atoms with E-state index in [0.29, 0.717) is 6.42 Å². The molecule has 36 heavy (non-hydrogen) atoms. The molecule has 10 heteroatoms. The van der Waals surface area contributed by atoms with Crippen molar-refractivity contribution < 1.29 is 45.6 Å². The number of hydrogen-bond acceptors (Lipinski definition) is 10. The highest BCUT2D eigenvalue weighted by atomic mass is 16.6. The summed E-state index contributed by atoms with van der Waals surface area (Å²) in [5.41, 5.74) is 3.40. The van der Waals surface area contributed by atoms with Crippen molar-refractivity contribution >= 4 is 0 Å². The maximum absolute atomic E-state index is 12.0. The zero-order valence-corrected chi connectivity index (χ0v) is 21.0. The fourth-order valence-corrected chi connectivity index (χ4v) is 9.19. The van der Waals surface area contributed by atoms with E-state index in [1.807, 2.05) is 6.92 Å². The zero-order chi connectivity index (χ0) is 26.1. The van der Waals surface area contributed by atoms with E-state index in [9.17, 15) is 40.9 Å². The van der Waals surface area contributed by atoms with Crippen LogP contribution in [0.5, 0.6) is 0 Å². The lowest BCUT2D eigenvalue weighted by Crippen LogP contribution is -2.78. The van der Waals surface area contributed by atoms with Gasteiger partial charge in [0, 0.05) is 23.7 Å². The second-order valence-corrected chi connectivity index (χ2v) is 12.5. The molecule has 5 aliphatic carbocycles. The summed E-state index contributed by atoms with van der Waals surface area (Å²) >= 11 is 0. The van der Waals surface area contributed by atoms with Crippen molar-refractivity contribution in [3.8, 4) is 0 Å². The predicted octanol–water partition coefficient (Wildman–Crippen LogP) is -1.36. The molecule has 0 heterocycles. The Hall–Kier alpha value is -0.400. The van der Waals surface area contributed by atoms with E-state index >= 15 is 0 Å². The summed E-state index contributed by atoms with van der Waals surface area (Å²) in [5, 5.41) is 89.4. The number of ether oxygens (including phenoxy) is 1. The van der Waals surface area contributed by atoms with Crippen molar-refractivity contribution in [1.82, 2.24) is 0 Å². The minimum Gasteiger partial charge on any atom is -0.393 e. The van der Waals surface area contributed by atoms with Gasteiger partial charge < -0.3 is 51.3 Å². The molecule has 0 radical (unpaired) electrons. The fourth-order valence-electron chi connectivity index (χ4n) is 9.19. The van der Waals surface area contributed by atoms with E-state index in [-0.39, 0.29) is 24.2 Å². The van der Waals surface area contributed by atoms with Crippen molar-refractivity contribution in [3.05, 3.63) is 0 Å². The normalized spacial score (nSPS) is 55.3. The summed E-state index contributed by atoms with van der Waals surface area (Å²) in [6.07, 6.45) is -4.59. The summed E-state index contributed by atoms with van der Waals surface area (Å²) in [5.74, 6) is -4.44. The van der Waals surface area contributed by atoms with E-state index in [1.54, 1.807) is 0 Å². The molecule has 16 unspecified atom stereocenters. The Labute approximate surface area is 212 Å². The molecule has 16 atom stereocenters. The fraction of sp³-hybridized carbons (Fsp3) is 1.00. The maximum atomic E-state index is 12.0. The van der Waals surface area contributed by atoms with Gasteiger partial charge in [0.1, 0.15) is 11.8 Å². The number of aliphatic hydroxyl groups excluding tert-OH is 7. The highest BCUT2D eigenvalue weighted by Gasteiger charge is 2.71. The molecule has 0 amide bonds. The minimum atomic E-state index is -2.25. The largest absolute Gasteiger partial charge is 0.393 e. The summed E-state index contributed by atoms with van der Waals surface area (Å²) < 4.78 is 6.34. The van der Waals surface area contributed by atoms with E-state index in [1.165, 1.54) is 0 Å². The second kappa shape index (κ2) is 9.97. The van der Waals surface area contributed by atoms with E-state index < -0.39 is 84.3 Å². The quantitative estimate of drug-likeness (QED) is 0.202. The molecule has 0 aromatic heterocycles. The summed E-state index contributed by atoms with van der Waals surface area (Å²) in [4.78, 5) is 0. The first-order chi connectivity index (χ1) is 17.0. The molecule has 5 saturated carbocycles. The lowest BCUT2D eigenvalue weighted by Gasteiger charge is -2.65. The summed E-state index contributed by atoms with van der Waals surface area (Å²) in [6.45, 7) is 2.01. The smallest absolute Gasteiger partial charge is 0.157 e. The molecule has 208 valence electrons. The number of nitrogens with two attached hydrogens (primary N) is 1. The molecule has 0 spiro atoms. The van der Waals surface area contributed by atoms with Crippen LogP contribution in [0, 0.1) is 47.3 Å². The van der Waals surface area contributed by atoms with E-state index in [2.05, 4.69) is 0 Å². The standard InChI is InChI=1S/C26H45NO9/c1-10-12-7-4-8-14(28)17(12)20(30)19-16(10)21(36-25(34)11-5-2-3-6-11)13-9-15(29)18(24(27)33)22(31)26(13,35)23(19)32/h10-25,28-35H,2-9,27H2,1H3. The van der Waals surface area contributed by atoms with Crippen molar-refractivity contribution in [1.29, 1.82) is 0 Å². The average Bonchev–Trinajstić information content (AvgIpc) is 3.36. The van der Waals surface area contributed by atoms with Crippen molar-refractivity contribution in [3.63, 3.8) is 0 Å². The van der Waals surface area contributed by atoms with Crippen LogP contribution in [-0.2, 0) is 4.74 Å². The Morgan fingerprint density at radius 1 is 0.833 bits per heavy atom. The topological polar surface area (TPSA) is 197 Å². The molecule has 0 saturated heterocycles. The zero-order valence-electron chi connectivity index (χ0n) is 21.0. The van der Waals surface area contributed by atoms with Gasteiger partial charge >= 0.3 is 0 Å². The molecule has 0 aromatic rings. The molecule has 0 aliphatic heterocycles. The molecule has 5 aliphatic rings. The molecule has 5 fully saturated rings. The molecule has 0 aromatic carbocycles. The first-order valence-corrected chi connectivity index (χ1v) is 13.9. The van der Waals surface area contributed by atoms with Crippen molar-refractivity contribution in [2.24, 2.45) is 53.1 Å². The van der Waals surface area contributed by atoms with Gasteiger partial charge in [0.15, 0.2) is 6.29 Å². The van der Waals surface area contributed by atoms with Crippen LogP contribution in [0.1, 0.15) is 58.3 Å². The first kappa shape index (κ1) is 27.2. The monoisotopic (exact) mass is 515 g/mol. The molecule has 10 N–H and O–H groups in total. The SMILES string of the molecule is CC1C2CCCC(O)C2C(O)C2C1C(OC(O)C1CCCC1)C1CC(O)C(C(N)O)C(O)C1(O)C2O. The van der Waals surface area contributed by atoms with Crippen LogP contribution in [0.25, 0.3) is 0 Å². The Morgan fingerprint density at radius 3 is 2.14 bits per heavy atom. The van der Waals surface area contributed by atoms with Crippen molar-refractivity contribution in [2.75, 3.05) is 0 Å². The molecule has 5 rings (SSSR count). The molecule has 0 bridgehead atoms. The van der Waals surface area contributed by atoms with Gasteiger partial charge in [-0.05, 0) is 49.9 Å². The van der Waals surface area contributed by atoms with Crippen LogP contribution in [0.3, 0.4) is 0 Å². The number of hydrogen-bond donors (Lipinski definition) is 9. The lowest BCUT2D eigenvalue weighted by atomic mass is 9.45. The number of rotatable bonds is 4. The van der Waals surface area contributed by atoms with Crippen LogP contribution in [0.2, 0.25) is 0 Å². The first-order valence-electron chi connectivity index (χ1n) is 13.9. The Morgan fingerprint density at radius 2 is 1.50 bits per heavy atom. The van der Waals surface area contributed by atoms with Crippen LogP contribution in [-0.4, -0.2) is 95.6 Å². The predicted molar refractivity (Wildman–Crippen MR) is 127 cm³/mol. The maximum Gasteiger partial charge on any atom is 0.157 e. The molecule has 10 nitrogen and oxygen atoms in total. The number of aliphatic hydroxyl groups is 8. The molecular weight excluding hydrogens is 470 g/mol. The van der Waals surface area contributed by atoms with Crippen LogP contribution >= 0.6 is 0 Å². The Kier molecular flexibility index (Phi) is 7.53. The number of fused-ring (bicyclic) bond motifs is 3. The van der Waals surface area contributed by atoms with Gasteiger partial charge in [0.05, 0.1) is 42.5 Å². The van der Waals surface area contributed by atoms with Gasteiger partial charge in [-0.15, -0.1) is 0 Å². The van der Waals surface area contributed by atoms with Gasteiger partial charge in [-0.1, -0.05) is 26.2 Å². The van der Waals surface area contributed by atoms with Crippen molar-refractivity contribution in [2.45, 2.75) is 113 Å². The Bertz CT molecular complexity index is 781. The van der Waals surface area contributed by atoms with Gasteiger partial charge in [0.25, 0.3) is 0 Å². The average molecular weight is 516 g/mol. The summed E-state index contributed by atoms with van der Waals surface area (Å²) in [6, 6.07) is 0. The van der Waals surface area contributed by atoms with Gasteiger partial charge in [0.2, 0.25) is 0 Å². The Balaban J connectivity index is 1.57. The van der Waals surface area contributed by atoms with Crippen LogP contribution in [0.4, 0.5) is 0 Å². The third-order valence-electron chi connectivity index (χ3n) is 11.0. The third kappa shape index (κ3) is 3.99. The second-order valence-electron chi connectivity index (χ2n) is 12.5. The minimum absolute atomic E-state index is 0.0323. The van der Waals surface area contributed by atoms with Gasteiger partial charge in [-0.3, -0.25) is 0 Å². The van der Waals surface area contributed by atoms with Gasteiger partial charge in [-0.2, -0.15) is 0 Å². The lowest BCUT2D eigenvalue weighted by molar-refractivity contribution is -0.343. The molecular formula is C26H45NO9. The van der Waals surface area contributed by atoms with Gasteiger partial charge in [-0.25, -0.2) is 0 Å². The summed E-state index contributed by atoms with van der Waals surface area (Å²) in [7, 11) is 0. The van der Waals surface area contributed by atoms with E-state index in [4.69, 9.17) is 10.5 Å². The van der Waals surface area contributed by atoms with Crippen LogP contribution < -0.4 is 5.73 Å². The van der Waals surface area contributed by atoms with Crippen LogP contribution in [0.15, 0.2) is 0 Å². The third-order valence-corrected chi connectivity index (χ3v) is 11.0.